The number of carbonyl (C=O) groups excluding carboxylic acids is 3. The van der Waals surface area contributed by atoms with Crippen LogP contribution in [0.3, 0.4) is 0 Å². The van der Waals surface area contributed by atoms with Crippen molar-refractivity contribution in [1.82, 2.24) is 10.2 Å². The number of rotatable bonds is 4. The Kier molecular flexibility index (Phi) is 6.51. The van der Waals surface area contributed by atoms with E-state index in [0.717, 1.165) is 38.5 Å². The molecule has 2 saturated heterocycles. The number of ether oxygens (including phenoxy) is 2. The maximum absolute atomic E-state index is 13.7. The molecule has 4 unspecified atom stereocenters. The van der Waals surface area contributed by atoms with Crippen molar-refractivity contribution in [3.8, 4) is 0 Å². The van der Waals surface area contributed by atoms with Crippen molar-refractivity contribution in [2.24, 2.45) is 11.8 Å². The lowest BCUT2D eigenvalue weighted by atomic mass is 9.83. The van der Waals surface area contributed by atoms with Gasteiger partial charge in [-0.3, -0.25) is 9.59 Å². The molecule has 0 radical (unpaired) electrons. The van der Waals surface area contributed by atoms with E-state index in [9.17, 15) is 14.4 Å². The van der Waals surface area contributed by atoms with E-state index >= 15 is 0 Å². The summed E-state index contributed by atoms with van der Waals surface area (Å²) in [4.78, 5) is 40.5. The summed E-state index contributed by atoms with van der Waals surface area (Å²) in [5.41, 5.74) is -0.925. The number of Topliss-reactive ketones (excluding diaryl/α,β-unsaturated/α-hetero) is 1. The van der Waals surface area contributed by atoms with Crippen LogP contribution in [0.25, 0.3) is 0 Å². The molecule has 1 N–H and O–H groups in total. The monoisotopic (exact) mass is 422 g/mol. The first-order chi connectivity index (χ1) is 13.9. The van der Waals surface area contributed by atoms with Crippen LogP contribution in [0.4, 0.5) is 4.79 Å². The molecule has 0 aromatic heterocycles. The number of amides is 2. The molecular formula is C23H38N2O5. The second-order valence-electron chi connectivity index (χ2n) is 10.9. The van der Waals surface area contributed by atoms with Crippen LogP contribution in [0.5, 0.6) is 0 Å². The normalized spacial score (nSPS) is 29.9. The SMILES string of the molecule is CC(=O)C1C2CC(C)(C)OC2CN1C(=O)C(NC(=O)OC(C)(C)C)C1CCCCC1. The van der Waals surface area contributed by atoms with E-state index in [4.69, 9.17) is 9.47 Å². The minimum atomic E-state index is -0.672. The van der Waals surface area contributed by atoms with Crippen LogP contribution in [0, 0.1) is 11.8 Å². The quantitative estimate of drug-likeness (QED) is 0.750. The Labute approximate surface area is 180 Å². The van der Waals surface area contributed by atoms with Gasteiger partial charge in [0.1, 0.15) is 11.6 Å². The average molecular weight is 423 g/mol. The molecule has 0 aromatic carbocycles. The minimum absolute atomic E-state index is 0.00924. The number of ketones is 1. The molecule has 3 aliphatic rings. The molecule has 7 nitrogen and oxygen atoms in total. The van der Waals surface area contributed by atoms with Gasteiger partial charge in [-0.05, 0) is 66.7 Å². The summed E-state index contributed by atoms with van der Waals surface area (Å²) in [5, 5.41) is 2.86. The lowest BCUT2D eigenvalue weighted by Crippen LogP contribution is -2.56. The molecule has 1 aliphatic carbocycles. The van der Waals surface area contributed by atoms with Crippen molar-refractivity contribution in [1.29, 1.82) is 0 Å². The summed E-state index contributed by atoms with van der Waals surface area (Å²) in [6, 6.07) is -1.16. The largest absolute Gasteiger partial charge is 0.444 e. The summed E-state index contributed by atoms with van der Waals surface area (Å²) in [7, 11) is 0. The Hall–Kier alpha value is -1.63. The second-order valence-corrected chi connectivity index (χ2v) is 10.9. The smallest absolute Gasteiger partial charge is 0.408 e. The molecule has 0 aromatic rings. The van der Waals surface area contributed by atoms with E-state index in [2.05, 4.69) is 5.32 Å². The molecule has 3 fully saturated rings. The van der Waals surface area contributed by atoms with Gasteiger partial charge in [0.25, 0.3) is 0 Å². The first-order valence-corrected chi connectivity index (χ1v) is 11.4. The molecule has 1 saturated carbocycles. The lowest BCUT2D eigenvalue weighted by Gasteiger charge is -2.36. The zero-order valence-corrected chi connectivity index (χ0v) is 19.3. The van der Waals surface area contributed by atoms with Crippen LogP contribution in [0.2, 0.25) is 0 Å². The van der Waals surface area contributed by atoms with Gasteiger partial charge in [0.05, 0.1) is 17.7 Å². The van der Waals surface area contributed by atoms with Crippen molar-refractivity contribution in [2.75, 3.05) is 6.54 Å². The Bertz CT molecular complexity index is 678. The van der Waals surface area contributed by atoms with Crippen LogP contribution < -0.4 is 5.32 Å². The maximum atomic E-state index is 13.7. The molecule has 0 spiro atoms. The molecule has 2 amide bonds. The van der Waals surface area contributed by atoms with E-state index in [1.54, 1.807) is 32.6 Å². The molecular weight excluding hydrogens is 384 g/mol. The van der Waals surface area contributed by atoms with Crippen LogP contribution >= 0.6 is 0 Å². The summed E-state index contributed by atoms with van der Waals surface area (Å²) in [6.07, 6.45) is 5.05. The molecule has 170 valence electrons. The van der Waals surface area contributed by atoms with Gasteiger partial charge >= 0.3 is 6.09 Å². The number of carbonyl (C=O) groups is 3. The highest BCUT2D eigenvalue weighted by atomic mass is 16.6. The van der Waals surface area contributed by atoms with Gasteiger partial charge in [0.15, 0.2) is 5.78 Å². The fraction of sp³-hybridized carbons (Fsp3) is 0.870. The van der Waals surface area contributed by atoms with Gasteiger partial charge in [-0.2, -0.15) is 0 Å². The highest BCUT2D eigenvalue weighted by Crippen LogP contribution is 2.43. The summed E-state index contributed by atoms with van der Waals surface area (Å²) in [5.74, 6) is -0.125. The molecule has 4 atom stereocenters. The number of nitrogens with one attached hydrogen (secondary N) is 1. The van der Waals surface area contributed by atoms with Gasteiger partial charge in [-0.15, -0.1) is 0 Å². The highest BCUT2D eigenvalue weighted by Gasteiger charge is 2.55. The van der Waals surface area contributed by atoms with E-state index in [-0.39, 0.29) is 35.2 Å². The highest BCUT2D eigenvalue weighted by molar-refractivity contribution is 5.92. The lowest BCUT2D eigenvalue weighted by molar-refractivity contribution is -0.141. The van der Waals surface area contributed by atoms with Crippen LogP contribution in [-0.4, -0.2) is 58.6 Å². The molecule has 2 aliphatic heterocycles. The Morgan fingerprint density at radius 3 is 2.33 bits per heavy atom. The predicted molar refractivity (Wildman–Crippen MR) is 113 cm³/mol. The van der Waals surface area contributed by atoms with Crippen molar-refractivity contribution >= 4 is 17.8 Å². The molecule has 2 heterocycles. The third-order valence-corrected chi connectivity index (χ3v) is 6.55. The van der Waals surface area contributed by atoms with Gasteiger partial charge in [-0.25, -0.2) is 4.79 Å². The minimum Gasteiger partial charge on any atom is -0.444 e. The van der Waals surface area contributed by atoms with Gasteiger partial charge in [0, 0.05) is 12.5 Å². The maximum Gasteiger partial charge on any atom is 0.408 e. The molecule has 3 rings (SSSR count). The van der Waals surface area contributed by atoms with E-state index in [1.807, 2.05) is 13.8 Å². The van der Waals surface area contributed by atoms with Gasteiger partial charge in [-0.1, -0.05) is 19.3 Å². The van der Waals surface area contributed by atoms with Crippen molar-refractivity contribution in [3.63, 3.8) is 0 Å². The average Bonchev–Trinajstić information content (AvgIpc) is 3.09. The van der Waals surface area contributed by atoms with E-state index < -0.39 is 23.8 Å². The number of likely N-dealkylation sites (tertiary alicyclic amines) is 1. The van der Waals surface area contributed by atoms with Crippen LogP contribution in [0.15, 0.2) is 0 Å². The second kappa shape index (κ2) is 8.48. The Balaban J connectivity index is 1.81. The third-order valence-electron chi connectivity index (χ3n) is 6.55. The number of fused-ring (bicyclic) bond motifs is 1. The first kappa shape index (κ1) is 23.0. The first-order valence-electron chi connectivity index (χ1n) is 11.4. The van der Waals surface area contributed by atoms with Crippen LogP contribution in [0.1, 0.15) is 80.1 Å². The Morgan fingerprint density at radius 2 is 1.77 bits per heavy atom. The van der Waals surface area contributed by atoms with Crippen LogP contribution in [-0.2, 0) is 19.1 Å². The number of nitrogens with zero attached hydrogens (tertiary/aromatic N) is 1. The van der Waals surface area contributed by atoms with Gasteiger partial charge in [0.2, 0.25) is 5.91 Å². The van der Waals surface area contributed by atoms with Crippen molar-refractivity contribution < 1.29 is 23.9 Å². The predicted octanol–water partition coefficient (Wildman–Crippen LogP) is 3.44. The molecule has 7 heteroatoms. The number of alkyl carbamates (subject to hydrolysis) is 1. The van der Waals surface area contributed by atoms with E-state index in [1.165, 1.54) is 0 Å². The molecule has 0 bridgehead atoms. The fourth-order valence-electron chi connectivity index (χ4n) is 5.48. The zero-order chi connectivity index (χ0) is 22.3. The summed E-state index contributed by atoms with van der Waals surface area (Å²) >= 11 is 0. The fourth-order valence-corrected chi connectivity index (χ4v) is 5.48. The van der Waals surface area contributed by atoms with Gasteiger partial charge < -0.3 is 19.7 Å². The summed E-state index contributed by atoms with van der Waals surface area (Å²) < 4.78 is 11.6. The van der Waals surface area contributed by atoms with Crippen molar-refractivity contribution in [3.05, 3.63) is 0 Å². The summed E-state index contributed by atoms with van der Waals surface area (Å²) in [6.45, 7) is 11.4. The number of hydrogen-bond acceptors (Lipinski definition) is 5. The number of hydrogen-bond donors (Lipinski definition) is 1. The van der Waals surface area contributed by atoms with Crippen molar-refractivity contribution in [2.45, 2.75) is 109 Å². The third kappa shape index (κ3) is 5.16. The van der Waals surface area contributed by atoms with E-state index in [0.29, 0.717) is 6.54 Å². The Morgan fingerprint density at radius 1 is 1.13 bits per heavy atom. The topological polar surface area (TPSA) is 84.9 Å². The standard InChI is InChI=1S/C23H38N2O5/c1-14(26)19-16-12-23(5,6)29-17(16)13-25(19)20(27)18(15-10-8-7-9-11-15)24-21(28)30-22(2,3)4/h15-19H,7-13H2,1-6H3,(H,24,28). The molecule has 30 heavy (non-hydrogen) atoms. The zero-order valence-electron chi connectivity index (χ0n) is 19.3.